The summed E-state index contributed by atoms with van der Waals surface area (Å²) < 4.78 is 6.95. The Bertz CT molecular complexity index is 991. The highest BCUT2D eigenvalue weighted by molar-refractivity contribution is 7.98. The molecular formula is C21H22N4O3S. The van der Waals surface area contributed by atoms with E-state index in [0.717, 1.165) is 23.7 Å². The largest absolute Gasteiger partial charge is 0.472 e. The molecule has 1 fully saturated rings. The predicted octanol–water partition coefficient (Wildman–Crippen LogP) is 3.22. The number of rotatable bonds is 5. The highest BCUT2D eigenvalue weighted by Gasteiger charge is 2.25. The standard InChI is InChI=1S/C21H22N4O3S/c1-29-21-22-8-11-25(21)18-4-2-3-15(13-18)19(26)23-17-5-9-24(10-6-17)20(27)16-7-12-28-14-16/h2-4,7-8,11-14,17H,5-6,9-10H2,1H3,(H,23,26). The second-order valence-electron chi connectivity index (χ2n) is 6.89. The molecule has 0 unspecified atom stereocenters. The molecule has 2 amide bonds. The Hall–Kier alpha value is -3.00. The quantitative estimate of drug-likeness (QED) is 0.653. The lowest BCUT2D eigenvalue weighted by molar-refractivity contribution is 0.0697. The third-order valence-corrected chi connectivity index (χ3v) is 5.73. The molecule has 0 radical (unpaired) electrons. The molecule has 1 aliphatic heterocycles. The van der Waals surface area contributed by atoms with Crippen molar-refractivity contribution in [1.29, 1.82) is 0 Å². The number of nitrogens with zero attached hydrogens (tertiary/aromatic N) is 3. The molecule has 0 bridgehead atoms. The number of imidazole rings is 1. The molecule has 1 aliphatic rings. The first-order chi connectivity index (χ1) is 14.2. The van der Waals surface area contributed by atoms with Crippen LogP contribution in [0.1, 0.15) is 33.6 Å². The molecule has 0 saturated carbocycles. The molecule has 0 atom stereocenters. The van der Waals surface area contributed by atoms with Crippen molar-refractivity contribution < 1.29 is 14.0 Å². The number of hydrogen-bond donors (Lipinski definition) is 1. The van der Waals surface area contributed by atoms with Crippen LogP contribution in [0.4, 0.5) is 0 Å². The second-order valence-corrected chi connectivity index (χ2v) is 7.66. The molecule has 1 N–H and O–H groups in total. The van der Waals surface area contributed by atoms with E-state index in [2.05, 4.69) is 10.3 Å². The van der Waals surface area contributed by atoms with Crippen LogP contribution in [0.5, 0.6) is 0 Å². The molecule has 1 saturated heterocycles. The molecule has 1 aromatic carbocycles. The van der Waals surface area contributed by atoms with Crippen LogP contribution in [0.3, 0.4) is 0 Å². The smallest absolute Gasteiger partial charge is 0.257 e. The van der Waals surface area contributed by atoms with E-state index >= 15 is 0 Å². The number of thioether (sulfide) groups is 1. The summed E-state index contributed by atoms with van der Waals surface area (Å²) in [5, 5.41) is 3.98. The van der Waals surface area contributed by atoms with E-state index in [1.165, 1.54) is 12.5 Å². The normalized spacial score (nSPS) is 14.7. The van der Waals surface area contributed by atoms with Crippen molar-refractivity contribution in [2.24, 2.45) is 0 Å². The number of benzene rings is 1. The van der Waals surface area contributed by atoms with Crippen LogP contribution >= 0.6 is 11.8 Å². The maximum absolute atomic E-state index is 12.8. The number of furan rings is 1. The zero-order valence-electron chi connectivity index (χ0n) is 16.1. The molecule has 7 nitrogen and oxygen atoms in total. The number of hydrogen-bond acceptors (Lipinski definition) is 5. The van der Waals surface area contributed by atoms with E-state index < -0.39 is 0 Å². The van der Waals surface area contributed by atoms with Gasteiger partial charge in [-0.05, 0) is 43.4 Å². The number of carbonyl (C=O) groups is 2. The second kappa shape index (κ2) is 8.57. The third-order valence-electron chi connectivity index (χ3n) is 5.06. The summed E-state index contributed by atoms with van der Waals surface area (Å²) in [6.45, 7) is 1.22. The summed E-state index contributed by atoms with van der Waals surface area (Å²) in [5.41, 5.74) is 2.08. The number of piperidine rings is 1. The summed E-state index contributed by atoms with van der Waals surface area (Å²) in [5.74, 6) is -0.126. The van der Waals surface area contributed by atoms with Gasteiger partial charge in [0.25, 0.3) is 11.8 Å². The Balaban J connectivity index is 1.37. The van der Waals surface area contributed by atoms with Crippen LogP contribution in [0.15, 0.2) is 64.8 Å². The summed E-state index contributed by atoms with van der Waals surface area (Å²) in [6, 6.07) is 9.24. The molecule has 3 heterocycles. The maximum atomic E-state index is 12.8. The lowest BCUT2D eigenvalue weighted by atomic mass is 10.0. The van der Waals surface area contributed by atoms with Gasteiger partial charge < -0.3 is 14.6 Å². The first-order valence-electron chi connectivity index (χ1n) is 9.46. The minimum Gasteiger partial charge on any atom is -0.472 e. The fraction of sp³-hybridized carbons (Fsp3) is 0.286. The Morgan fingerprint density at radius 1 is 1.21 bits per heavy atom. The fourth-order valence-electron chi connectivity index (χ4n) is 3.50. The molecule has 150 valence electrons. The van der Waals surface area contributed by atoms with Crippen LogP contribution in [0.25, 0.3) is 5.69 Å². The van der Waals surface area contributed by atoms with Crippen LogP contribution in [0.2, 0.25) is 0 Å². The lowest BCUT2D eigenvalue weighted by Crippen LogP contribution is -2.46. The highest BCUT2D eigenvalue weighted by atomic mass is 32.2. The van der Waals surface area contributed by atoms with Crippen LogP contribution in [0, 0.1) is 0 Å². The minimum atomic E-state index is -0.0997. The summed E-state index contributed by atoms with van der Waals surface area (Å²) in [6.07, 6.45) is 10.0. The number of likely N-dealkylation sites (tertiary alicyclic amines) is 1. The first kappa shape index (κ1) is 19.3. The van der Waals surface area contributed by atoms with E-state index in [4.69, 9.17) is 4.42 Å². The van der Waals surface area contributed by atoms with Crippen molar-refractivity contribution in [1.82, 2.24) is 19.8 Å². The van der Waals surface area contributed by atoms with Gasteiger partial charge in [-0.1, -0.05) is 17.8 Å². The van der Waals surface area contributed by atoms with Crippen molar-refractivity contribution in [3.05, 3.63) is 66.4 Å². The van der Waals surface area contributed by atoms with Crippen LogP contribution in [-0.2, 0) is 0 Å². The van der Waals surface area contributed by atoms with Crippen molar-refractivity contribution in [2.75, 3.05) is 19.3 Å². The van der Waals surface area contributed by atoms with Crippen molar-refractivity contribution in [3.8, 4) is 5.69 Å². The zero-order chi connectivity index (χ0) is 20.2. The summed E-state index contributed by atoms with van der Waals surface area (Å²) >= 11 is 1.55. The van der Waals surface area contributed by atoms with Gasteiger partial charge in [-0.15, -0.1) is 0 Å². The zero-order valence-corrected chi connectivity index (χ0v) is 16.9. The van der Waals surface area contributed by atoms with Crippen LogP contribution in [-0.4, -0.2) is 51.7 Å². The molecule has 0 spiro atoms. The topological polar surface area (TPSA) is 80.4 Å². The molecule has 29 heavy (non-hydrogen) atoms. The molecule has 8 heteroatoms. The Labute approximate surface area is 173 Å². The van der Waals surface area contributed by atoms with Crippen LogP contribution < -0.4 is 5.32 Å². The summed E-state index contributed by atoms with van der Waals surface area (Å²) in [7, 11) is 0. The molecular weight excluding hydrogens is 388 g/mol. The monoisotopic (exact) mass is 410 g/mol. The summed E-state index contributed by atoms with van der Waals surface area (Å²) in [4.78, 5) is 31.2. The Kier molecular flexibility index (Phi) is 5.71. The first-order valence-corrected chi connectivity index (χ1v) is 10.7. The molecule has 4 rings (SSSR count). The average molecular weight is 410 g/mol. The van der Waals surface area contributed by atoms with Gasteiger partial charge in [0.1, 0.15) is 6.26 Å². The van der Waals surface area contributed by atoms with E-state index in [0.29, 0.717) is 24.2 Å². The van der Waals surface area contributed by atoms with Crippen molar-refractivity contribution in [2.45, 2.75) is 24.0 Å². The Morgan fingerprint density at radius 2 is 2.03 bits per heavy atom. The maximum Gasteiger partial charge on any atom is 0.257 e. The van der Waals surface area contributed by atoms with Gasteiger partial charge in [0.2, 0.25) is 0 Å². The fourth-order valence-corrected chi connectivity index (χ4v) is 4.03. The van der Waals surface area contributed by atoms with E-state index in [9.17, 15) is 9.59 Å². The third kappa shape index (κ3) is 4.22. The predicted molar refractivity (Wildman–Crippen MR) is 110 cm³/mol. The molecule has 0 aliphatic carbocycles. The lowest BCUT2D eigenvalue weighted by Gasteiger charge is -2.32. The van der Waals surface area contributed by atoms with E-state index in [1.54, 1.807) is 28.9 Å². The van der Waals surface area contributed by atoms with E-state index in [1.807, 2.05) is 41.3 Å². The SMILES string of the molecule is CSc1nccn1-c1cccc(C(=O)NC2CCN(C(=O)c3ccoc3)CC2)c1. The van der Waals surface area contributed by atoms with Crippen molar-refractivity contribution in [3.63, 3.8) is 0 Å². The van der Waals surface area contributed by atoms with Gasteiger partial charge in [0.05, 0.1) is 11.8 Å². The molecule has 2 aromatic heterocycles. The van der Waals surface area contributed by atoms with Gasteiger partial charge >= 0.3 is 0 Å². The number of nitrogens with one attached hydrogen (secondary N) is 1. The average Bonchev–Trinajstić information content (AvgIpc) is 3.46. The molecule has 3 aromatic rings. The van der Waals surface area contributed by atoms with Crippen molar-refractivity contribution >= 4 is 23.6 Å². The van der Waals surface area contributed by atoms with Gasteiger partial charge in [-0.25, -0.2) is 4.98 Å². The number of carbonyl (C=O) groups excluding carboxylic acids is 2. The number of aromatic nitrogens is 2. The van der Waals surface area contributed by atoms with Gasteiger partial charge in [-0.3, -0.25) is 14.2 Å². The van der Waals surface area contributed by atoms with Gasteiger partial charge in [0, 0.05) is 42.8 Å². The number of amides is 2. The van der Waals surface area contributed by atoms with Gasteiger partial charge in [-0.2, -0.15) is 0 Å². The highest BCUT2D eigenvalue weighted by Crippen LogP contribution is 2.20. The Morgan fingerprint density at radius 3 is 2.76 bits per heavy atom. The van der Waals surface area contributed by atoms with Gasteiger partial charge in [0.15, 0.2) is 5.16 Å². The van der Waals surface area contributed by atoms with E-state index in [-0.39, 0.29) is 17.9 Å². The minimum absolute atomic E-state index is 0.0267.